The summed E-state index contributed by atoms with van der Waals surface area (Å²) < 4.78 is 85.8. The number of rotatable bonds is 7. The molecule has 0 fully saturated rings. The van der Waals surface area contributed by atoms with E-state index in [0.29, 0.717) is 17.8 Å². The van der Waals surface area contributed by atoms with Crippen LogP contribution in [0, 0.1) is 0 Å². The molecule has 0 aliphatic carbocycles. The summed E-state index contributed by atoms with van der Waals surface area (Å²) >= 11 is 6.34. The summed E-state index contributed by atoms with van der Waals surface area (Å²) in [6.45, 7) is 2.01. The summed E-state index contributed by atoms with van der Waals surface area (Å²) in [5.74, 6) is -1.75. The predicted octanol–water partition coefficient (Wildman–Crippen LogP) is 7.02. The van der Waals surface area contributed by atoms with Crippen LogP contribution in [0.5, 0.6) is 10.9 Å². The van der Waals surface area contributed by atoms with Crippen molar-refractivity contribution in [3.8, 4) is 10.9 Å². The van der Waals surface area contributed by atoms with Crippen LogP contribution in [0.25, 0.3) is 0 Å². The Hall–Kier alpha value is -1.54. The lowest BCUT2D eigenvalue weighted by molar-refractivity contribution is -0.274. The fourth-order valence-corrected chi connectivity index (χ4v) is 4.24. The maximum Gasteiger partial charge on any atom is 0.573 e. The molecule has 0 aliphatic heterocycles. The minimum Gasteiger partial charge on any atom is -0.470 e. The Kier molecular flexibility index (Phi) is 8.02. The van der Waals surface area contributed by atoms with Gasteiger partial charge < -0.3 is 14.8 Å². The highest BCUT2D eigenvalue weighted by molar-refractivity contribution is 9.11. The maximum absolute atomic E-state index is 13.3. The summed E-state index contributed by atoms with van der Waals surface area (Å²) in [5.41, 5.74) is -1.51. The molecule has 1 N–H and O–H groups in total. The van der Waals surface area contributed by atoms with Gasteiger partial charge in [-0.05, 0) is 50.4 Å². The molecule has 0 bridgehead atoms. The van der Waals surface area contributed by atoms with Crippen LogP contribution in [0.3, 0.4) is 0 Å². The van der Waals surface area contributed by atoms with Crippen LogP contribution >= 0.6 is 43.2 Å². The van der Waals surface area contributed by atoms with Crippen molar-refractivity contribution in [2.75, 3.05) is 11.9 Å². The molecule has 0 aliphatic rings. The largest absolute Gasteiger partial charge is 0.573 e. The van der Waals surface area contributed by atoms with E-state index in [9.17, 15) is 31.1 Å². The van der Waals surface area contributed by atoms with Crippen molar-refractivity contribution in [3.63, 3.8) is 0 Å². The monoisotopic (exact) mass is 584 g/mol. The molecule has 0 spiro atoms. The lowest BCUT2D eigenvalue weighted by Crippen LogP contribution is -2.18. The van der Waals surface area contributed by atoms with Gasteiger partial charge >= 0.3 is 12.5 Å². The zero-order valence-electron chi connectivity index (χ0n) is 14.9. The van der Waals surface area contributed by atoms with Gasteiger partial charge in [-0.3, -0.25) is 4.79 Å². The van der Waals surface area contributed by atoms with Crippen LogP contribution in [-0.2, 0) is 6.18 Å². The van der Waals surface area contributed by atoms with Crippen molar-refractivity contribution < 1.29 is 40.6 Å². The number of halogens is 8. The molecule has 0 unspecified atom stereocenters. The molecular formula is C16H12Br2F6N2O3S. The summed E-state index contributed by atoms with van der Waals surface area (Å²) in [4.78, 5) is 15.1. The Morgan fingerprint density at radius 1 is 1.17 bits per heavy atom. The number of anilines is 1. The van der Waals surface area contributed by atoms with Gasteiger partial charge in [-0.2, -0.15) is 18.2 Å². The Labute approximate surface area is 187 Å². The van der Waals surface area contributed by atoms with Gasteiger partial charge in [-0.1, -0.05) is 24.7 Å². The van der Waals surface area contributed by atoms with E-state index in [1.807, 2.05) is 6.92 Å². The Morgan fingerprint density at radius 2 is 1.77 bits per heavy atom. The van der Waals surface area contributed by atoms with E-state index < -0.39 is 34.8 Å². The van der Waals surface area contributed by atoms with Crippen molar-refractivity contribution in [3.05, 3.63) is 31.6 Å². The number of hydrogen-bond donors (Lipinski definition) is 1. The minimum absolute atomic E-state index is 0.0537. The van der Waals surface area contributed by atoms with E-state index in [1.165, 1.54) is 0 Å². The summed E-state index contributed by atoms with van der Waals surface area (Å²) in [7, 11) is 0. The number of thiazole rings is 1. The molecule has 30 heavy (non-hydrogen) atoms. The molecule has 1 amide bonds. The Bertz CT molecular complexity index is 894. The summed E-state index contributed by atoms with van der Waals surface area (Å²) in [6, 6.07) is 1.81. The second-order valence-corrected chi connectivity index (χ2v) is 8.29. The van der Waals surface area contributed by atoms with Crippen LogP contribution in [-0.4, -0.2) is 23.9 Å². The second-order valence-electron chi connectivity index (χ2n) is 5.62. The number of unbranched alkanes of at least 4 members (excludes halogenated alkanes) is 1. The molecule has 5 nitrogen and oxygen atoms in total. The first kappa shape index (κ1) is 24.7. The van der Waals surface area contributed by atoms with E-state index >= 15 is 0 Å². The van der Waals surface area contributed by atoms with Gasteiger partial charge in [0.15, 0.2) is 5.69 Å². The quantitative estimate of drug-likeness (QED) is 0.280. The molecular weight excluding hydrogens is 574 g/mol. The fourth-order valence-electron chi connectivity index (χ4n) is 2.04. The van der Waals surface area contributed by atoms with Crippen LogP contribution in [0.1, 0.15) is 35.1 Å². The second kappa shape index (κ2) is 9.73. The lowest BCUT2D eigenvalue weighted by atomic mass is 10.2. The lowest BCUT2D eigenvalue weighted by Gasteiger charge is -2.14. The molecule has 2 aromatic rings. The topological polar surface area (TPSA) is 60.5 Å². The third-order valence-corrected chi connectivity index (χ3v) is 5.51. The number of carbonyl (C=O) groups is 1. The van der Waals surface area contributed by atoms with Gasteiger partial charge in [-0.25, -0.2) is 0 Å². The first-order valence-corrected chi connectivity index (χ1v) is 10.5. The van der Waals surface area contributed by atoms with Gasteiger partial charge in [-0.15, -0.1) is 13.2 Å². The number of nitrogens with zero attached hydrogens (tertiary/aromatic N) is 1. The van der Waals surface area contributed by atoms with Crippen molar-refractivity contribution in [1.82, 2.24) is 4.98 Å². The molecule has 166 valence electrons. The fraction of sp³-hybridized carbons (Fsp3) is 0.375. The van der Waals surface area contributed by atoms with E-state index in [0.717, 1.165) is 18.6 Å². The summed E-state index contributed by atoms with van der Waals surface area (Å²) in [6.07, 6.45) is -8.51. The molecule has 1 aromatic carbocycles. The van der Waals surface area contributed by atoms with E-state index in [-0.39, 0.29) is 26.4 Å². The standard InChI is InChI=1S/C16H12Br2F6N2O3S/c1-2-3-4-28-14-26-12(15(19,20)21)11(30-14)13(27)25-10-8(17)5-7(6-9(10)18)29-16(22,23)24/h5-6H,2-4H2,1H3,(H,25,27). The molecule has 1 aromatic heterocycles. The highest BCUT2D eigenvalue weighted by atomic mass is 79.9. The first-order chi connectivity index (χ1) is 13.8. The third-order valence-electron chi connectivity index (χ3n) is 3.29. The van der Waals surface area contributed by atoms with Crippen molar-refractivity contribution in [1.29, 1.82) is 0 Å². The molecule has 2 rings (SSSR count). The van der Waals surface area contributed by atoms with Gasteiger partial charge in [0.25, 0.3) is 11.1 Å². The number of nitrogens with one attached hydrogen (secondary N) is 1. The number of benzene rings is 1. The van der Waals surface area contributed by atoms with Crippen molar-refractivity contribution in [2.45, 2.75) is 32.3 Å². The molecule has 1 heterocycles. The number of amides is 1. The zero-order chi connectivity index (χ0) is 22.7. The van der Waals surface area contributed by atoms with Crippen LogP contribution in [0.15, 0.2) is 21.1 Å². The van der Waals surface area contributed by atoms with E-state index in [2.05, 4.69) is 46.9 Å². The van der Waals surface area contributed by atoms with Crippen molar-refractivity contribution in [2.24, 2.45) is 0 Å². The highest BCUT2D eigenvalue weighted by Crippen LogP contribution is 2.40. The molecule has 0 saturated heterocycles. The normalized spacial score (nSPS) is 12.0. The average Bonchev–Trinajstić information content (AvgIpc) is 3.01. The highest BCUT2D eigenvalue weighted by Gasteiger charge is 2.40. The van der Waals surface area contributed by atoms with E-state index in [1.54, 1.807) is 0 Å². The average molecular weight is 586 g/mol. The third kappa shape index (κ3) is 6.74. The Morgan fingerprint density at radius 3 is 2.27 bits per heavy atom. The number of alkyl halides is 6. The maximum atomic E-state index is 13.3. The zero-order valence-corrected chi connectivity index (χ0v) is 18.9. The minimum atomic E-state index is -4.94. The number of carbonyl (C=O) groups excluding carboxylic acids is 1. The van der Waals surface area contributed by atoms with Gasteiger partial charge in [0.2, 0.25) is 0 Å². The Balaban J connectivity index is 2.31. The molecule has 0 radical (unpaired) electrons. The molecule has 0 atom stereocenters. The van der Waals surface area contributed by atoms with Gasteiger partial charge in [0, 0.05) is 8.95 Å². The van der Waals surface area contributed by atoms with Crippen LogP contribution in [0.4, 0.5) is 32.0 Å². The SMILES string of the molecule is CCCCOc1nc(C(F)(F)F)c(C(=O)Nc2c(Br)cc(OC(F)(F)F)cc2Br)s1. The number of ether oxygens (including phenoxy) is 2. The predicted molar refractivity (Wildman–Crippen MR) is 104 cm³/mol. The first-order valence-electron chi connectivity index (χ1n) is 8.08. The molecule has 0 saturated carbocycles. The number of aromatic nitrogens is 1. The van der Waals surface area contributed by atoms with Crippen LogP contribution in [0.2, 0.25) is 0 Å². The smallest absolute Gasteiger partial charge is 0.470 e. The van der Waals surface area contributed by atoms with Gasteiger partial charge in [0.05, 0.1) is 12.3 Å². The number of hydrogen-bond acceptors (Lipinski definition) is 5. The molecule has 14 heteroatoms. The van der Waals surface area contributed by atoms with Gasteiger partial charge in [0.1, 0.15) is 10.6 Å². The van der Waals surface area contributed by atoms with Crippen LogP contribution < -0.4 is 14.8 Å². The van der Waals surface area contributed by atoms with Crippen molar-refractivity contribution >= 4 is 54.8 Å². The summed E-state index contributed by atoms with van der Waals surface area (Å²) in [5, 5.41) is 1.91. The van der Waals surface area contributed by atoms with E-state index in [4.69, 9.17) is 4.74 Å².